The third-order valence-corrected chi connectivity index (χ3v) is 4.31. The molecule has 0 saturated carbocycles. The van der Waals surface area contributed by atoms with E-state index in [4.69, 9.17) is 0 Å². The number of nitrogens with one attached hydrogen (secondary N) is 1. The fraction of sp³-hybridized carbons (Fsp3) is 0.389. The van der Waals surface area contributed by atoms with Gasteiger partial charge in [-0.05, 0) is 35.1 Å². The molecular weight excluding hydrogens is 326 g/mol. The van der Waals surface area contributed by atoms with Gasteiger partial charge in [0, 0.05) is 17.4 Å². The third-order valence-electron chi connectivity index (χ3n) is 3.75. The van der Waals surface area contributed by atoms with Gasteiger partial charge in [-0.1, -0.05) is 66.2 Å². The summed E-state index contributed by atoms with van der Waals surface area (Å²) in [6.45, 7) is 5.08. The maximum atomic E-state index is 12.5. The molecule has 0 radical (unpaired) electrons. The van der Waals surface area contributed by atoms with Crippen molar-refractivity contribution in [3.8, 4) is 0 Å². The molecule has 0 unspecified atom stereocenters. The molecular formula is C18H22BrNO. The molecule has 0 fully saturated rings. The zero-order valence-electron chi connectivity index (χ0n) is 12.7. The van der Waals surface area contributed by atoms with E-state index in [-0.39, 0.29) is 11.3 Å². The smallest absolute Gasteiger partial charge is 0.251 e. The van der Waals surface area contributed by atoms with Crippen molar-refractivity contribution in [2.75, 3.05) is 11.9 Å². The van der Waals surface area contributed by atoms with Crippen molar-refractivity contribution in [2.24, 2.45) is 5.41 Å². The monoisotopic (exact) mass is 347 g/mol. The van der Waals surface area contributed by atoms with E-state index in [9.17, 15) is 4.79 Å². The number of benzene rings is 2. The van der Waals surface area contributed by atoms with Crippen LogP contribution in [0.1, 0.15) is 37.0 Å². The van der Waals surface area contributed by atoms with Crippen molar-refractivity contribution < 1.29 is 4.79 Å². The summed E-state index contributed by atoms with van der Waals surface area (Å²) in [5.41, 5.74) is 0.873. The third kappa shape index (κ3) is 4.31. The van der Waals surface area contributed by atoms with Gasteiger partial charge in [-0.15, -0.1) is 0 Å². The number of rotatable bonds is 6. The Labute approximate surface area is 135 Å². The highest BCUT2D eigenvalue weighted by Gasteiger charge is 2.19. The molecule has 2 aromatic rings. The lowest BCUT2D eigenvalue weighted by Gasteiger charge is -2.24. The van der Waals surface area contributed by atoms with Gasteiger partial charge in [-0.3, -0.25) is 4.79 Å². The van der Waals surface area contributed by atoms with Crippen LogP contribution in [-0.2, 0) is 0 Å². The quantitative estimate of drug-likeness (QED) is 0.749. The summed E-state index contributed by atoms with van der Waals surface area (Å²) in [4.78, 5) is 12.5. The molecule has 21 heavy (non-hydrogen) atoms. The standard InChI is InChI=1S/C18H22BrNO/c1-18(2,11-6-12-19)13-20-17(21)16-10-5-8-14-7-3-4-9-15(14)16/h3-5,7-10H,6,11-13H2,1-2H3,(H,20,21). The molecule has 1 amide bonds. The average Bonchev–Trinajstić information content (AvgIpc) is 2.50. The SMILES string of the molecule is CC(C)(CCCBr)CNC(=O)c1cccc2ccccc12. The van der Waals surface area contributed by atoms with Gasteiger partial charge < -0.3 is 5.32 Å². The maximum Gasteiger partial charge on any atom is 0.251 e. The van der Waals surface area contributed by atoms with Crippen molar-refractivity contribution in [3.05, 3.63) is 48.0 Å². The van der Waals surface area contributed by atoms with Gasteiger partial charge in [0.15, 0.2) is 0 Å². The van der Waals surface area contributed by atoms with Crippen LogP contribution in [0, 0.1) is 5.41 Å². The van der Waals surface area contributed by atoms with E-state index in [0.29, 0.717) is 6.54 Å². The molecule has 1 N–H and O–H groups in total. The molecule has 0 aliphatic carbocycles. The molecule has 0 heterocycles. The number of hydrogen-bond acceptors (Lipinski definition) is 1. The number of fused-ring (bicyclic) bond motifs is 1. The Bertz CT molecular complexity index is 616. The van der Waals surface area contributed by atoms with E-state index in [1.807, 2.05) is 42.5 Å². The van der Waals surface area contributed by atoms with Crippen LogP contribution in [0.2, 0.25) is 0 Å². The molecule has 3 heteroatoms. The highest BCUT2D eigenvalue weighted by molar-refractivity contribution is 9.09. The molecule has 0 aromatic heterocycles. The first-order valence-electron chi connectivity index (χ1n) is 7.35. The lowest BCUT2D eigenvalue weighted by molar-refractivity contribution is 0.0936. The van der Waals surface area contributed by atoms with Crippen LogP contribution < -0.4 is 5.32 Å². The molecule has 0 aliphatic rings. The highest BCUT2D eigenvalue weighted by Crippen LogP contribution is 2.23. The fourth-order valence-corrected chi connectivity index (χ4v) is 2.75. The van der Waals surface area contributed by atoms with E-state index >= 15 is 0 Å². The van der Waals surface area contributed by atoms with Crippen LogP contribution in [-0.4, -0.2) is 17.8 Å². The van der Waals surface area contributed by atoms with Crippen LogP contribution in [0.5, 0.6) is 0 Å². The minimum atomic E-state index is 0.0127. The lowest BCUT2D eigenvalue weighted by Crippen LogP contribution is -2.34. The van der Waals surface area contributed by atoms with E-state index in [2.05, 4.69) is 35.1 Å². The molecule has 0 spiro atoms. The molecule has 2 aromatic carbocycles. The van der Waals surface area contributed by atoms with Crippen LogP contribution in [0.3, 0.4) is 0 Å². The van der Waals surface area contributed by atoms with Crippen LogP contribution >= 0.6 is 15.9 Å². The van der Waals surface area contributed by atoms with Crippen molar-refractivity contribution in [1.82, 2.24) is 5.32 Å². The minimum Gasteiger partial charge on any atom is -0.351 e. The Balaban J connectivity index is 2.09. The van der Waals surface area contributed by atoms with E-state index in [1.54, 1.807) is 0 Å². The molecule has 0 atom stereocenters. The lowest BCUT2D eigenvalue weighted by atomic mass is 9.88. The van der Waals surface area contributed by atoms with Gasteiger partial charge in [0.05, 0.1) is 0 Å². The van der Waals surface area contributed by atoms with Crippen LogP contribution in [0.4, 0.5) is 0 Å². The first-order chi connectivity index (χ1) is 10.0. The Morgan fingerprint density at radius 3 is 2.62 bits per heavy atom. The van der Waals surface area contributed by atoms with Gasteiger partial charge >= 0.3 is 0 Å². The average molecular weight is 348 g/mol. The summed E-state index contributed by atoms with van der Waals surface area (Å²) in [5, 5.41) is 6.20. The van der Waals surface area contributed by atoms with Crippen LogP contribution in [0.15, 0.2) is 42.5 Å². The first-order valence-corrected chi connectivity index (χ1v) is 8.47. The number of halogens is 1. The molecule has 0 saturated heterocycles. The van der Waals surface area contributed by atoms with Gasteiger partial charge in [-0.25, -0.2) is 0 Å². The van der Waals surface area contributed by atoms with Gasteiger partial charge in [0.1, 0.15) is 0 Å². The van der Waals surface area contributed by atoms with Gasteiger partial charge in [0.25, 0.3) is 5.91 Å². The zero-order valence-corrected chi connectivity index (χ0v) is 14.2. The molecule has 0 bridgehead atoms. The zero-order chi connectivity index (χ0) is 15.3. The summed E-state index contributed by atoms with van der Waals surface area (Å²) >= 11 is 3.46. The predicted molar refractivity (Wildman–Crippen MR) is 93.1 cm³/mol. The Morgan fingerprint density at radius 2 is 1.86 bits per heavy atom. The summed E-state index contributed by atoms with van der Waals surface area (Å²) in [6, 6.07) is 13.9. The van der Waals surface area contributed by atoms with Gasteiger partial charge in [0.2, 0.25) is 0 Å². The van der Waals surface area contributed by atoms with Crippen LogP contribution in [0.25, 0.3) is 10.8 Å². The highest BCUT2D eigenvalue weighted by atomic mass is 79.9. The minimum absolute atomic E-state index is 0.0127. The Hall–Kier alpha value is -1.35. The first kappa shape index (κ1) is 16.0. The normalized spacial score (nSPS) is 11.6. The number of carbonyl (C=O) groups is 1. The molecule has 2 rings (SSSR count). The number of alkyl halides is 1. The molecule has 112 valence electrons. The second-order valence-electron chi connectivity index (χ2n) is 6.17. The van der Waals surface area contributed by atoms with Crippen molar-refractivity contribution >= 4 is 32.6 Å². The Morgan fingerprint density at radius 1 is 1.14 bits per heavy atom. The summed E-state index contributed by atoms with van der Waals surface area (Å²) in [6.07, 6.45) is 2.21. The van der Waals surface area contributed by atoms with Crippen molar-refractivity contribution in [1.29, 1.82) is 0 Å². The topological polar surface area (TPSA) is 29.1 Å². The van der Waals surface area contributed by atoms with Crippen molar-refractivity contribution in [3.63, 3.8) is 0 Å². The summed E-state index contributed by atoms with van der Waals surface area (Å²) in [7, 11) is 0. The second kappa shape index (κ2) is 7.08. The predicted octanol–water partition coefficient (Wildman–Crippen LogP) is 4.77. The summed E-state index contributed by atoms with van der Waals surface area (Å²) < 4.78 is 0. The van der Waals surface area contributed by atoms with E-state index in [0.717, 1.165) is 34.5 Å². The number of hydrogen-bond donors (Lipinski definition) is 1. The Kier molecular flexibility index (Phi) is 5.40. The molecule has 2 nitrogen and oxygen atoms in total. The van der Waals surface area contributed by atoms with E-state index < -0.39 is 0 Å². The number of amides is 1. The maximum absolute atomic E-state index is 12.5. The number of carbonyl (C=O) groups excluding carboxylic acids is 1. The molecule has 0 aliphatic heterocycles. The second-order valence-corrected chi connectivity index (χ2v) is 6.96. The fourth-order valence-electron chi connectivity index (χ4n) is 2.47. The van der Waals surface area contributed by atoms with E-state index in [1.165, 1.54) is 0 Å². The van der Waals surface area contributed by atoms with Gasteiger partial charge in [-0.2, -0.15) is 0 Å². The summed E-state index contributed by atoms with van der Waals surface area (Å²) in [5.74, 6) is 0.0127. The largest absolute Gasteiger partial charge is 0.351 e. The van der Waals surface area contributed by atoms with Crippen molar-refractivity contribution in [2.45, 2.75) is 26.7 Å².